The molecule has 0 unspecified atom stereocenters. The lowest BCUT2D eigenvalue weighted by molar-refractivity contribution is 0.282. The lowest BCUT2D eigenvalue weighted by Crippen LogP contribution is -2.27. The number of hydrogen-bond acceptors (Lipinski definition) is 8. The van der Waals surface area contributed by atoms with Crippen LogP contribution in [0.1, 0.15) is 46.3 Å². The van der Waals surface area contributed by atoms with Crippen molar-refractivity contribution in [2.45, 2.75) is 48.0 Å². The van der Waals surface area contributed by atoms with Crippen molar-refractivity contribution >= 4 is 122 Å². The summed E-state index contributed by atoms with van der Waals surface area (Å²) in [5.41, 5.74) is 2.81. The minimum absolute atomic E-state index is 0. The van der Waals surface area contributed by atoms with E-state index >= 15 is 0 Å². The number of nitrogens with one attached hydrogen (secondary N) is 2. The summed E-state index contributed by atoms with van der Waals surface area (Å²) < 4.78 is 42.7. The Hall–Kier alpha value is 0.610. The van der Waals surface area contributed by atoms with Crippen LogP contribution in [0.25, 0.3) is 0 Å². The number of alkyl halides is 4. The summed E-state index contributed by atoms with van der Waals surface area (Å²) in [5.74, 6) is 1.84. The van der Waals surface area contributed by atoms with Crippen molar-refractivity contribution in [2.24, 2.45) is 0 Å². The van der Waals surface area contributed by atoms with E-state index in [0.29, 0.717) is 36.6 Å². The average Bonchev–Trinajstić information content (AvgIpc) is 3.16. The lowest BCUT2D eigenvalue weighted by Gasteiger charge is -2.19. The topological polar surface area (TPSA) is 152 Å². The number of hydrogen-bond donors (Lipinski definition) is 4. The van der Waals surface area contributed by atoms with E-state index < -0.39 is 18.9 Å². The van der Waals surface area contributed by atoms with Crippen molar-refractivity contribution < 1.29 is 34.0 Å². The number of nitrogens with zero attached hydrogens (tertiary/aromatic N) is 1. The molecule has 0 spiro atoms. The van der Waals surface area contributed by atoms with Crippen LogP contribution in [0.3, 0.4) is 0 Å². The fourth-order valence-corrected chi connectivity index (χ4v) is 5.73. The molecule has 0 aromatic heterocycles. The smallest absolute Gasteiger partial charge is 0.380 e. The molecule has 6 N–H and O–H groups in total. The molecule has 3 aromatic rings. The zero-order valence-corrected chi connectivity index (χ0v) is 40.9. The van der Waals surface area contributed by atoms with Crippen molar-refractivity contribution in [1.82, 2.24) is 21.2 Å². The molecule has 0 aliphatic carbocycles. The number of aliphatic hydroxyl groups is 1. The van der Waals surface area contributed by atoms with Gasteiger partial charge in [0.2, 0.25) is 0 Å². The molecule has 10 nitrogen and oxygen atoms in total. The van der Waals surface area contributed by atoms with E-state index in [4.69, 9.17) is 83.0 Å². The number of benzene rings is 3. The zero-order chi connectivity index (χ0) is 41.7. The van der Waals surface area contributed by atoms with Gasteiger partial charge < -0.3 is 25.2 Å². The summed E-state index contributed by atoms with van der Waals surface area (Å²) in [5, 5.41) is 10.9. The van der Waals surface area contributed by atoms with E-state index in [1.807, 2.05) is 91.0 Å². The Morgan fingerprint density at radius 1 is 0.596 bits per heavy atom. The summed E-state index contributed by atoms with van der Waals surface area (Å²) in [6.45, 7) is 11.5. The maximum absolute atomic E-state index is 12.3. The fourth-order valence-electron chi connectivity index (χ4n) is 3.24. The van der Waals surface area contributed by atoms with Gasteiger partial charge in [-0.25, -0.2) is 10.2 Å². The minimum Gasteiger partial charge on any atom is -0.392 e. The number of rotatable bonds is 17. The maximum atomic E-state index is 12.3. The molecule has 0 amide bonds. The van der Waals surface area contributed by atoms with Crippen molar-refractivity contribution in [3.63, 3.8) is 0 Å². The zero-order valence-electron chi connectivity index (χ0n) is 31.4. The van der Waals surface area contributed by atoms with Crippen LogP contribution in [0.4, 0.5) is 4.70 Å². The van der Waals surface area contributed by atoms with Gasteiger partial charge in [-0.2, -0.15) is 0 Å². The monoisotopic (exact) mass is 1050 g/mol. The Kier molecular flexibility index (Phi) is 56.1. The Balaban J connectivity index is -0.000000114. The first-order valence-electron chi connectivity index (χ1n) is 16.2. The largest absolute Gasteiger partial charge is 0.392 e. The van der Waals surface area contributed by atoms with E-state index in [2.05, 4.69) is 69.6 Å². The Morgan fingerprint density at radius 2 is 0.895 bits per heavy atom. The van der Waals surface area contributed by atoms with Gasteiger partial charge in [0.1, 0.15) is 0 Å². The van der Waals surface area contributed by atoms with E-state index in [-0.39, 0.29) is 39.5 Å². The Labute approximate surface area is 385 Å². The Morgan fingerprint density at radius 3 is 1.11 bits per heavy atom. The molecule has 0 fully saturated rings. The highest BCUT2D eigenvalue weighted by molar-refractivity contribution is 8.24. The number of halogens is 10. The van der Waals surface area contributed by atoms with Crippen LogP contribution in [0, 0.1) is 0 Å². The van der Waals surface area contributed by atoms with Gasteiger partial charge in [-0.15, -0.1) is 46.4 Å². The first-order chi connectivity index (χ1) is 25.5. The van der Waals surface area contributed by atoms with Gasteiger partial charge in [0.05, 0.1) is 19.8 Å². The molecule has 338 valence electrons. The highest BCUT2D eigenvalue weighted by Crippen LogP contribution is 2.61. The minimum atomic E-state index is -3.39. The molecule has 3 aromatic carbocycles. The number of aliphatic hydroxyl groups excluding tert-OH is 1. The van der Waals surface area contributed by atoms with Crippen LogP contribution >= 0.6 is 122 Å². The Bertz CT molecular complexity index is 1380. The van der Waals surface area contributed by atoms with E-state index in [9.17, 15) is 13.7 Å². The van der Waals surface area contributed by atoms with Gasteiger partial charge >= 0.3 is 18.9 Å². The summed E-state index contributed by atoms with van der Waals surface area (Å²) in [6.07, 6.45) is -3.39. The molecular formula is C34H61Cl9FN4O6P3. The maximum Gasteiger partial charge on any atom is 0.380 e. The lowest BCUT2D eigenvalue weighted by atomic mass is 10.2. The van der Waals surface area contributed by atoms with Gasteiger partial charge in [-0.1, -0.05) is 119 Å². The van der Waals surface area contributed by atoms with Crippen molar-refractivity contribution in [3.05, 3.63) is 108 Å². The molecular weight excluding hydrogens is 991 g/mol. The van der Waals surface area contributed by atoms with Crippen molar-refractivity contribution in [3.8, 4) is 0 Å². The van der Waals surface area contributed by atoms with Gasteiger partial charge in [-0.05, 0) is 92.5 Å². The van der Waals surface area contributed by atoms with Crippen LogP contribution in [0.15, 0.2) is 91.0 Å². The standard InChI is InChI=1S/C11H17Cl2N2O2P.C7H7Cl2O2P.C7H8O.C6H15N.C2H4Cl2.CH4.Cl3OP.FH.H3N.H2/c12-6-8-14-18(16,15-9-7-13)17-10-11-4-2-1-3-5-11;8-12(9,10)11-6-7-4-2-1-3-5-7;8-6-7-4-2-1-3-5-7;1-4-7(5-2)6-3;3-1-2-4;;1-5(2,3)4;;;/h1-5H,6-10H2,(H2,14,15,16);1-5H,6H2;1-5,8H,6H2;4-6H2,1-3H3;1-2H2;1H4;;1H;1H3;1H. The summed E-state index contributed by atoms with van der Waals surface area (Å²) in [6, 6.07) is 28.3. The predicted octanol–water partition coefficient (Wildman–Crippen LogP) is 14.8. The fraction of sp³-hybridized carbons (Fsp3) is 0.471. The molecule has 23 heteroatoms. The molecule has 0 bridgehead atoms. The molecule has 0 saturated heterocycles. The second-order valence-corrected chi connectivity index (χ2v) is 24.1. The van der Waals surface area contributed by atoms with Crippen molar-refractivity contribution in [1.29, 1.82) is 0 Å². The molecule has 0 aliphatic heterocycles. The normalized spacial score (nSPS) is 10.2. The summed E-state index contributed by atoms with van der Waals surface area (Å²) >= 11 is 45.5. The molecule has 0 aliphatic rings. The van der Waals surface area contributed by atoms with Gasteiger partial charge in [0.15, 0.2) is 0 Å². The third-order valence-corrected chi connectivity index (χ3v) is 9.48. The second kappa shape index (κ2) is 46.1. The SMILES string of the molecule is C.CCN(CC)CC.ClCCCl.F.N.O=P(Cl)(Cl)Cl.O=P(Cl)(Cl)OCc1ccccc1.O=P(NCCCl)(NCCCl)OCc1ccccc1.OCc1ccccc1.[HH]. The first-order valence-corrected chi connectivity index (χ1v) is 27.9. The molecule has 0 saturated carbocycles. The van der Waals surface area contributed by atoms with Crippen LogP contribution < -0.4 is 16.3 Å². The third kappa shape index (κ3) is 54.6. The molecule has 0 radical (unpaired) electrons. The molecule has 0 atom stereocenters. The first kappa shape index (κ1) is 69.3. The molecule has 3 rings (SSSR count). The summed E-state index contributed by atoms with van der Waals surface area (Å²) in [7, 11) is -3.09. The predicted molar refractivity (Wildman–Crippen MR) is 256 cm³/mol. The van der Waals surface area contributed by atoms with Crippen LogP contribution in [-0.4, -0.2) is 66.3 Å². The van der Waals surface area contributed by atoms with E-state index in [1.54, 1.807) is 0 Å². The average molecular weight is 1050 g/mol. The van der Waals surface area contributed by atoms with Gasteiger partial charge in [0, 0.05) is 38.0 Å². The molecule has 57 heavy (non-hydrogen) atoms. The van der Waals surface area contributed by atoms with E-state index in [1.165, 1.54) is 19.6 Å². The molecule has 0 heterocycles. The third-order valence-electron chi connectivity index (χ3n) is 5.75. The van der Waals surface area contributed by atoms with Gasteiger partial charge in [-0.3, -0.25) is 18.4 Å². The van der Waals surface area contributed by atoms with Crippen molar-refractivity contribution in [2.75, 3.05) is 56.2 Å². The quantitative estimate of drug-likeness (QED) is 0.0759. The van der Waals surface area contributed by atoms with Crippen LogP contribution in [-0.2, 0) is 42.6 Å². The van der Waals surface area contributed by atoms with Gasteiger partial charge in [0.25, 0.3) is 0 Å². The van der Waals surface area contributed by atoms with Crippen LogP contribution in [0.2, 0.25) is 0 Å². The summed E-state index contributed by atoms with van der Waals surface area (Å²) in [4.78, 5) is 2.38. The second-order valence-electron chi connectivity index (χ2n) is 9.72. The highest BCUT2D eigenvalue weighted by atomic mass is 36.0. The highest BCUT2D eigenvalue weighted by Gasteiger charge is 2.21. The van der Waals surface area contributed by atoms with E-state index in [0.717, 1.165) is 16.7 Å². The van der Waals surface area contributed by atoms with Crippen LogP contribution in [0.5, 0.6) is 0 Å².